The summed E-state index contributed by atoms with van der Waals surface area (Å²) in [5.41, 5.74) is 5.93. The maximum absolute atomic E-state index is 12.4. The Labute approximate surface area is 103 Å². The maximum atomic E-state index is 12.4. The van der Waals surface area contributed by atoms with E-state index < -0.39 is 0 Å². The number of carbonyl (C=O) groups is 1. The SMILES string of the molecule is CC1CC(N)CCC1C(=O)N1CCC(O)CC1. The van der Waals surface area contributed by atoms with Crippen LogP contribution in [0.1, 0.15) is 39.0 Å². The van der Waals surface area contributed by atoms with Crippen molar-refractivity contribution in [1.29, 1.82) is 0 Å². The monoisotopic (exact) mass is 240 g/mol. The van der Waals surface area contributed by atoms with Gasteiger partial charge in [-0.15, -0.1) is 0 Å². The molecule has 1 amide bonds. The number of likely N-dealkylation sites (tertiary alicyclic amines) is 1. The van der Waals surface area contributed by atoms with Gasteiger partial charge in [-0.2, -0.15) is 0 Å². The van der Waals surface area contributed by atoms with Crippen LogP contribution in [-0.2, 0) is 4.79 Å². The fourth-order valence-electron chi connectivity index (χ4n) is 3.13. The van der Waals surface area contributed by atoms with Gasteiger partial charge in [-0.25, -0.2) is 0 Å². The number of hydrogen-bond donors (Lipinski definition) is 2. The fourth-order valence-corrected chi connectivity index (χ4v) is 3.13. The summed E-state index contributed by atoms with van der Waals surface area (Å²) in [4.78, 5) is 14.3. The topological polar surface area (TPSA) is 66.6 Å². The summed E-state index contributed by atoms with van der Waals surface area (Å²) < 4.78 is 0. The molecule has 1 aliphatic heterocycles. The second-order valence-electron chi connectivity index (χ2n) is 5.71. The lowest BCUT2D eigenvalue weighted by Gasteiger charge is -2.37. The number of hydrogen-bond acceptors (Lipinski definition) is 3. The number of aliphatic hydroxyl groups excluding tert-OH is 1. The Kier molecular flexibility index (Phi) is 4.05. The third-order valence-electron chi connectivity index (χ3n) is 4.30. The normalized spacial score (nSPS) is 35.9. The Hall–Kier alpha value is -0.610. The fraction of sp³-hybridized carbons (Fsp3) is 0.923. The van der Waals surface area contributed by atoms with Crippen LogP contribution in [0, 0.1) is 11.8 Å². The third-order valence-corrected chi connectivity index (χ3v) is 4.30. The van der Waals surface area contributed by atoms with Crippen molar-refractivity contribution in [3.63, 3.8) is 0 Å². The van der Waals surface area contributed by atoms with Gasteiger partial charge in [0.15, 0.2) is 0 Å². The largest absolute Gasteiger partial charge is 0.393 e. The molecule has 1 saturated heterocycles. The first-order valence-electron chi connectivity index (χ1n) is 6.80. The van der Waals surface area contributed by atoms with E-state index in [2.05, 4.69) is 6.92 Å². The minimum Gasteiger partial charge on any atom is -0.393 e. The van der Waals surface area contributed by atoms with Gasteiger partial charge >= 0.3 is 0 Å². The standard InChI is InChI=1S/C13H24N2O2/c1-9-8-10(14)2-3-12(9)13(17)15-6-4-11(16)5-7-15/h9-12,16H,2-8,14H2,1H3. The van der Waals surface area contributed by atoms with E-state index in [0.717, 1.165) is 45.2 Å². The highest BCUT2D eigenvalue weighted by atomic mass is 16.3. The maximum Gasteiger partial charge on any atom is 0.225 e. The molecule has 1 aliphatic carbocycles. The van der Waals surface area contributed by atoms with Crippen molar-refractivity contribution in [3.05, 3.63) is 0 Å². The molecular formula is C13H24N2O2. The smallest absolute Gasteiger partial charge is 0.225 e. The second kappa shape index (κ2) is 5.36. The minimum absolute atomic E-state index is 0.157. The van der Waals surface area contributed by atoms with Crippen molar-refractivity contribution >= 4 is 5.91 Å². The lowest BCUT2D eigenvalue weighted by Crippen LogP contribution is -2.46. The van der Waals surface area contributed by atoms with Gasteiger partial charge in [0, 0.05) is 25.0 Å². The lowest BCUT2D eigenvalue weighted by molar-refractivity contribution is -0.140. The van der Waals surface area contributed by atoms with E-state index >= 15 is 0 Å². The Morgan fingerprint density at radius 3 is 2.47 bits per heavy atom. The second-order valence-corrected chi connectivity index (χ2v) is 5.71. The Balaban J connectivity index is 1.91. The summed E-state index contributed by atoms with van der Waals surface area (Å²) in [6.07, 6.45) is 4.11. The number of nitrogens with two attached hydrogens (primary N) is 1. The highest BCUT2D eigenvalue weighted by molar-refractivity contribution is 5.79. The molecule has 0 aromatic carbocycles. The molecule has 0 bridgehead atoms. The van der Waals surface area contributed by atoms with Crippen LogP contribution in [0.4, 0.5) is 0 Å². The Bertz CT molecular complexity index is 275. The van der Waals surface area contributed by atoms with Crippen LogP contribution < -0.4 is 5.73 Å². The first kappa shape index (κ1) is 12.8. The zero-order valence-corrected chi connectivity index (χ0v) is 10.6. The number of carbonyl (C=O) groups excluding carboxylic acids is 1. The molecule has 4 nitrogen and oxygen atoms in total. The molecule has 0 radical (unpaired) electrons. The van der Waals surface area contributed by atoms with Crippen LogP contribution in [0.3, 0.4) is 0 Å². The molecule has 2 rings (SSSR count). The van der Waals surface area contributed by atoms with Crippen LogP contribution in [0.2, 0.25) is 0 Å². The van der Waals surface area contributed by atoms with E-state index in [1.54, 1.807) is 0 Å². The van der Waals surface area contributed by atoms with E-state index in [-0.39, 0.29) is 24.0 Å². The Morgan fingerprint density at radius 2 is 1.88 bits per heavy atom. The van der Waals surface area contributed by atoms with Crippen molar-refractivity contribution in [2.24, 2.45) is 17.6 Å². The lowest BCUT2D eigenvalue weighted by atomic mass is 9.77. The first-order valence-corrected chi connectivity index (χ1v) is 6.80. The van der Waals surface area contributed by atoms with Crippen LogP contribution in [-0.4, -0.2) is 41.1 Å². The number of aliphatic hydroxyl groups is 1. The molecule has 2 aliphatic rings. The molecule has 1 saturated carbocycles. The van der Waals surface area contributed by atoms with Gasteiger partial charge in [0.25, 0.3) is 0 Å². The van der Waals surface area contributed by atoms with Crippen LogP contribution in [0.25, 0.3) is 0 Å². The molecule has 98 valence electrons. The van der Waals surface area contributed by atoms with Gasteiger partial charge in [0.1, 0.15) is 0 Å². The van der Waals surface area contributed by atoms with E-state index in [1.807, 2.05) is 4.90 Å². The average Bonchev–Trinajstić information content (AvgIpc) is 2.29. The third kappa shape index (κ3) is 2.99. The quantitative estimate of drug-likeness (QED) is 0.710. The van der Waals surface area contributed by atoms with Gasteiger partial charge in [-0.1, -0.05) is 6.92 Å². The molecule has 4 heteroatoms. The predicted molar refractivity (Wildman–Crippen MR) is 66.3 cm³/mol. The summed E-state index contributed by atoms with van der Waals surface area (Å²) >= 11 is 0. The number of rotatable bonds is 1. The highest BCUT2D eigenvalue weighted by Gasteiger charge is 2.34. The van der Waals surface area contributed by atoms with E-state index in [9.17, 15) is 9.90 Å². The van der Waals surface area contributed by atoms with Gasteiger partial charge in [-0.05, 0) is 38.0 Å². The van der Waals surface area contributed by atoms with Crippen molar-refractivity contribution in [1.82, 2.24) is 4.90 Å². The summed E-state index contributed by atoms with van der Waals surface area (Å²) in [7, 11) is 0. The highest BCUT2D eigenvalue weighted by Crippen LogP contribution is 2.31. The molecule has 3 N–H and O–H groups in total. The molecule has 2 fully saturated rings. The van der Waals surface area contributed by atoms with E-state index in [0.29, 0.717) is 5.92 Å². The number of piperidine rings is 1. The summed E-state index contributed by atoms with van der Waals surface area (Å²) in [5, 5.41) is 9.45. The number of nitrogens with zero attached hydrogens (tertiary/aromatic N) is 1. The molecule has 1 heterocycles. The average molecular weight is 240 g/mol. The van der Waals surface area contributed by atoms with Crippen LogP contribution in [0.15, 0.2) is 0 Å². The van der Waals surface area contributed by atoms with Crippen molar-refractivity contribution < 1.29 is 9.90 Å². The van der Waals surface area contributed by atoms with Crippen LogP contribution >= 0.6 is 0 Å². The van der Waals surface area contributed by atoms with Crippen molar-refractivity contribution in [2.45, 2.75) is 51.2 Å². The van der Waals surface area contributed by atoms with Crippen molar-refractivity contribution in [3.8, 4) is 0 Å². The molecule has 3 atom stereocenters. The summed E-state index contributed by atoms with van der Waals surface area (Å²) in [6.45, 7) is 3.57. The van der Waals surface area contributed by atoms with Gasteiger partial charge in [0.05, 0.1) is 6.10 Å². The molecule has 0 aromatic heterocycles. The first-order chi connectivity index (χ1) is 8.08. The molecule has 3 unspecified atom stereocenters. The van der Waals surface area contributed by atoms with Gasteiger partial charge in [0.2, 0.25) is 5.91 Å². The summed E-state index contributed by atoms with van der Waals surface area (Å²) in [6, 6.07) is 0.275. The Morgan fingerprint density at radius 1 is 1.24 bits per heavy atom. The van der Waals surface area contributed by atoms with Crippen molar-refractivity contribution in [2.75, 3.05) is 13.1 Å². The van der Waals surface area contributed by atoms with E-state index in [4.69, 9.17) is 5.73 Å². The van der Waals surface area contributed by atoms with Crippen LogP contribution in [0.5, 0.6) is 0 Å². The number of amides is 1. The molecule has 0 aromatic rings. The van der Waals surface area contributed by atoms with Gasteiger partial charge in [-0.3, -0.25) is 4.79 Å². The van der Waals surface area contributed by atoms with E-state index in [1.165, 1.54) is 0 Å². The zero-order valence-electron chi connectivity index (χ0n) is 10.6. The molecular weight excluding hydrogens is 216 g/mol. The van der Waals surface area contributed by atoms with Gasteiger partial charge < -0.3 is 15.7 Å². The minimum atomic E-state index is -0.212. The molecule has 0 spiro atoms. The summed E-state index contributed by atoms with van der Waals surface area (Å²) in [5.74, 6) is 0.847. The zero-order chi connectivity index (χ0) is 12.4. The molecule has 17 heavy (non-hydrogen) atoms. The predicted octanol–water partition coefficient (Wildman–Crippen LogP) is 0.733.